The van der Waals surface area contributed by atoms with Gasteiger partial charge in [-0.3, -0.25) is 0 Å². The average Bonchev–Trinajstić information content (AvgIpc) is 2.46. The van der Waals surface area contributed by atoms with Crippen molar-refractivity contribution in [2.24, 2.45) is 0 Å². The first-order valence-corrected chi connectivity index (χ1v) is 6.77. The largest absolute Gasteiger partial charge is 0.619 e. The van der Waals surface area contributed by atoms with Gasteiger partial charge in [0.1, 0.15) is 0 Å². The summed E-state index contributed by atoms with van der Waals surface area (Å²) in [7, 11) is 0. The van der Waals surface area contributed by atoms with Crippen molar-refractivity contribution in [3.63, 3.8) is 0 Å². The van der Waals surface area contributed by atoms with Crippen LogP contribution in [-0.2, 0) is 13.0 Å². The van der Waals surface area contributed by atoms with Crippen LogP contribution in [-0.4, -0.2) is 6.54 Å². The highest BCUT2D eigenvalue weighted by Crippen LogP contribution is 2.02. The minimum Gasteiger partial charge on any atom is -0.619 e. The van der Waals surface area contributed by atoms with Crippen LogP contribution in [0.3, 0.4) is 0 Å². The lowest BCUT2D eigenvalue weighted by Crippen LogP contribution is -2.23. The zero-order valence-electron chi connectivity index (χ0n) is 11.1. The van der Waals surface area contributed by atoms with Crippen molar-refractivity contribution >= 4 is 0 Å². The first kappa shape index (κ1) is 13.6. The van der Waals surface area contributed by atoms with Crippen molar-refractivity contribution in [3.8, 4) is 0 Å². The minimum atomic E-state index is 0.824. The van der Waals surface area contributed by atoms with E-state index in [-0.39, 0.29) is 0 Å². The van der Waals surface area contributed by atoms with Gasteiger partial charge in [0.15, 0.2) is 12.4 Å². The van der Waals surface area contributed by atoms with Gasteiger partial charge in [0.25, 0.3) is 0 Å². The lowest BCUT2D eigenvalue weighted by molar-refractivity contribution is -0.605. The van der Waals surface area contributed by atoms with Crippen LogP contribution < -0.4 is 10.0 Å². The van der Waals surface area contributed by atoms with Gasteiger partial charge < -0.3 is 10.5 Å². The third-order valence-electron chi connectivity index (χ3n) is 3.11. The Hall–Kier alpha value is -1.87. The molecule has 0 saturated carbocycles. The molecular formula is C16H20N2O. The second kappa shape index (κ2) is 7.54. The van der Waals surface area contributed by atoms with E-state index < -0.39 is 0 Å². The van der Waals surface area contributed by atoms with E-state index in [1.165, 1.54) is 11.1 Å². The molecule has 1 heterocycles. The number of aryl methyl sites for hydroxylation is 1. The second-order valence-electron chi connectivity index (χ2n) is 4.69. The van der Waals surface area contributed by atoms with Gasteiger partial charge in [-0.15, -0.1) is 0 Å². The lowest BCUT2D eigenvalue weighted by atomic mass is 10.1. The van der Waals surface area contributed by atoms with Gasteiger partial charge in [0.05, 0.1) is 0 Å². The van der Waals surface area contributed by atoms with Crippen molar-refractivity contribution in [1.29, 1.82) is 0 Å². The summed E-state index contributed by atoms with van der Waals surface area (Å²) < 4.78 is 0.824. The molecule has 0 fully saturated rings. The normalized spacial score (nSPS) is 10.5. The quantitative estimate of drug-likeness (QED) is 0.469. The number of unbranched alkanes of at least 4 members (excludes halogenated alkanes) is 1. The molecule has 2 aromatic rings. The van der Waals surface area contributed by atoms with Crippen molar-refractivity contribution in [2.45, 2.75) is 25.8 Å². The highest BCUT2D eigenvalue weighted by Gasteiger charge is 1.96. The van der Waals surface area contributed by atoms with Crippen LogP contribution in [0.1, 0.15) is 24.0 Å². The first-order valence-electron chi connectivity index (χ1n) is 6.77. The molecular weight excluding hydrogens is 236 g/mol. The topological polar surface area (TPSA) is 39.0 Å². The summed E-state index contributed by atoms with van der Waals surface area (Å²) in [6, 6.07) is 14.2. The standard InChI is InChI=1S/C16H20N2O/c19-18-12-9-15(10-13-18)6-4-5-11-17-14-16-7-2-1-3-8-16/h1-3,7-10,12-13,17H,4-6,11,14H2. The molecule has 1 N–H and O–H groups in total. The van der Waals surface area contributed by atoms with Crippen LogP contribution in [0.5, 0.6) is 0 Å². The zero-order chi connectivity index (χ0) is 13.3. The van der Waals surface area contributed by atoms with E-state index in [1.807, 2.05) is 18.2 Å². The molecule has 100 valence electrons. The van der Waals surface area contributed by atoms with E-state index in [0.717, 1.165) is 37.1 Å². The van der Waals surface area contributed by atoms with Crippen LogP contribution in [0.15, 0.2) is 54.9 Å². The predicted molar refractivity (Wildman–Crippen MR) is 76.5 cm³/mol. The number of nitrogens with zero attached hydrogens (tertiary/aromatic N) is 1. The Morgan fingerprint density at radius 2 is 1.63 bits per heavy atom. The smallest absolute Gasteiger partial charge is 0.180 e. The van der Waals surface area contributed by atoms with Crippen LogP contribution in [0, 0.1) is 5.21 Å². The summed E-state index contributed by atoms with van der Waals surface area (Å²) in [5.74, 6) is 0. The van der Waals surface area contributed by atoms with Gasteiger partial charge in [-0.05, 0) is 36.9 Å². The average molecular weight is 256 g/mol. The van der Waals surface area contributed by atoms with Crippen LogP contribution in [0.2, 0.25) is 0 Å². The number of pyridine rings is 1. The van der Waals surface area contributed by atoms with E-state index in [4.69, 9.17) is 0 Å². The molecule has 0 aliphatic rings. The minimum absolute atomic E-state index is 0.824. The van der Waals surface area contributed by atoms with Crippen molar-refractivity contribution < 1.29 is 4.73 Å². The monoisotopic (exact) mass is 256 g/mol. The SMILES string of the molecule is [O-][n+]1ccc(CCCCNCc2ccccc2)cc1. The summed E-state index contributed by atoms with van der Waals surface area (Å²) in [6.07, 6.45) is 6.45. The van der Waals surface area contributed by atoms with Crippen LogP contribution in [0.25, 0.3) is 0 Å². The van der Waals surface area contributed by atoms with Crippen molar-refractivity contribution in [3.05, 3.63) is 71.2 Å². The maximum atomic E-state index is 10.9. The molecule has 2 rings (SSSR count). The third kappa shape index (κ3) is 5.10. The van der Waals surface area contributed by atoms with Crippen LogP contribution >= 0.6 is 0 Å². The Morgan fingerprint density at radius 3 is 2.37 bits per heavy atom. The zero-order valence-corrected chi connectivity index (χ0v) is 11.1. The Balaban J connectivity index is 1.56. The lowest BCUT2D eigenvalue weighted by Gasteiger charge is -2.05. The summed E-state index contributed by atoms with van der Waals surface area (Å²) in [5, 5.41) is 14.3. The van der Waals surface area contributed by atoms with E-state index in [2.05, 4.69) is 29.6 Å². The van der Waals surface area contributed by atoms with E-state index in [0.29, 0.717) is 0 Å². The van der Waals surface area contributed by atoms with Gasteiger partial charge in [-0.25, -0.2) is 0 Å². The molecule has 0 atom stereocenters. The Labute approximate surface area is 114 Å². The number of benzene rings is 1. The Kier molecular flexibility index (Phi) is 5.38. The van der Waals surface area contributed by atoms with E-state index in [9.17, 15) is 5.21 Å². The van der Waals surface area contributed by atoms with E-state index >= 15 is 0 Å². The molecule has 19 heavy (non-hydrogen) atoms. The molecule has 1 aromatic heterocycles. The molecule has 3 heteroatoms. The van der Waals surface area contributed by atoms with Crippen LogP contribution in [0.4, 0.5) is 0 Å². The molecule has 0 unspecified atom stereocenters. The summed E-state index contributed by atoms with van der Waals surface area (Å²) in [5.41, 5.74) is 2.56. The molecule has 0 radical (unpaired) electrons. The summed E-state index contributed by atoms with van der Waals surface area (Å²) in [6.45, 7) is 1.96. The highest BCUT2D eigenvalue weighted by molar-refractivity contribution is 5.14. The molecule has 0 aliphatic carbocycles. The van der Waals surface area contributed by atoms with Crippen molar-refractivity contribution in [2.75, 3.05) is 6.54 Å². The highest BCUT2D eigenvalue weighted by atomic mass is 16.5. The number of hydrogen-bond donors (Lipinski definition) is 1. The molecule has 0 bridgehead atoms. The van der Waals surface area contributed by atoms with Gasteiger partial charge in [-0.2, -0.15) is 4.73 Å². The number of nitrogens with one attached hydrogen (secondary N) is 1. The molecule has 0 saturated heterocycles. The number of rotatable bonds is 7. The van der Waals surface area contributed by atoms with Crippen molar-refractivity contribution in [1.82, 2.24) is 5.32 Å². The van der Waals surface area contributed by atoms with E-state index in [1.54, 1.807) is 12.4 Å². The summed E-state index contributed by atoms with van der Waals surface area (Å²) in [4.78, 5) is 0. The van der Waals surface area contributed by atoms with Gasteiger partial charge >= 0.3 is 0 Å². The first-order chi connectivity index (χ1) is 9.34. The Bertz CT molecular complexity index is 468. The maximum absolute atomic E-state index is 10.9. The molecule has 0 aliphatic heterocycles. The van der Waals surface area contributed by atoms with Gasteiger partial charge in [-0.1, -0.05) is 30.3 Å². The predicted octanol–water partition coefficient (Wildman–Crippen LogP) is 2.43. The molecule has 0 spiro atoms. The fourth-order valence-electron chi connectivity index (χ4n) is 2.02. The fourth-order valence-corrected chi connectivity index (χ4v) is 2.02. The van der Waals surface area contributed by atoms with Gasteiger partial charge in [0.2, 0.25) is 0 Å². The molecule has 1 aromatic carbocycles. The van der Waals surface area contributed by atoms with Gasteiger partial charge in [0, 0.05) is 18.7 Å². The second-order valence-corrected chi connectivity index (χ2v) is 4.69. The third-order valence-corrected chi connectivity index (χ3v) is 3.11. The number of aromatic nitrogens is 1. The maximum Gasteiger partial charge on any atom is 0.180 e. The number of hydrogen-bond acceptors (Lipinski definition) is 2. The fraction of sp³-hybridized carbons (Fsp3) is 0.312. The summed E-state index contributed by atoms with van der Waals surface area (Å²) >= 11 is 0. The Morgan fingerprint density at radius 1 is 0.895 bits per heavy atom. The molecule has 3 nitrogen and oxygen atoms in total. The molecule has 0 amide bonds.